The highest BCUT2D eigenvalue weighted by molar-refractivity contribution is 5.74. The van der Waals surface area contributed by atoms with Crippen molar-refractivity contribution in [3.8, 4) is 5.75 Å². The second-order valence-corrected chi connectivity index (χ2v) is 10.6. The molecule has 3 N–H and O–H groups in total. The maximum absolute atomic E-state index is 11.9. The smallest absolute Gasteiger partial charge is 0.317 e. The average molecular weight is 480 g/mol. The number of carbonyl (C=O) groups is 1. The van der Waals surface area contributed by atoms with Crippen molar-refractivity contribution in [2.24, 2.45) is 17.6 Å². The van der Waals surface area contributed by atoms with E-state index in [2.05, 4.69) is 23.5 Å². The van der Waals surface area contributed by atoms with Crippen LogP contribution in [-0.2, 0) is 4.74 Å². The number of nitrogens with one attached hydrogen (secondary N) is 1. The van der Waals surface area contributed by atoms with E-state index in [1.807, 2.05) is 37.3 Å². The summed E-state index contributed by atoms with van der Waals surface area (Å²) in [6.07, 6.45) is 16.8. The van der Waals surface area contributed by atoms with Crippen LogP contribution in [0.15, 0.2) is 59.9 Å². The molecule has 0 radical (unpaired) electrons. The van der Waals surface area contributed by atoms with Crippen molar-refractivity contribution >= 4 is 6.03 Å². The Hall–Kier alpha value is -2.73. The minimum absolute atomic E-state index is 0.0502. The molecule has 3 aliphatic carbocycles. The highest BCUT2D eigenvalue weighted by Crippen LogP contribution is 2.34. The third-order valence-electron chi connectivity index (χ3n) is 7.21. The van der Waals surface area contributed by atoms with E-state index in [9.17, 15) is 4.79 Å². The number of allylic oxidation sites excluding steroid dienone is 4. The summed E-state index contributed by atoms with van der Waals surface area (Å²) in [5.74, 6) is 3.19. The van der Waals surface area contributed by atoms with Crippen LogP contribution in [0.4, 0.5) is 4.79 Å². The van der Waals surface area contributed by atoms with E-state index in [0.29, 0.717) is 5.92 Å². The van der Waals surface area contributed by atoms with E-state index < -0.39 is 0 Å². The Bertz CT molecular complexity index is 938. The number of ether oxygens (including phenoxy) is 2. The van der Waals surface area contributed by atoms with Gasteiger partial charge in [0.2, 0.25) is 0 Å². The molecule has 0 aliphatic heterocycles. The quantitative estimate of drug-likeness (QED) is 0.492. The van der Waals surface area contributed by atoms with E-state index in [1.54, 1.807) is 19.0 Å². The summed E-state index contributed by atoms with van der Waals surface area (Å²) in [5, 5.41) is 2.98. The zero-order valence-corrected chi connectivity index (χ0v) is 21.4. The Balaban J connectivity index is 1.23. The van der Waals surface area contributed by atoms with Crippen LogP contribution in [0.1, 0.15) is 63.5 Å². The van der Waals surface area contributed by atoms with Gasteiger partial charge in [0, 0.05) is 14.1 Å². The number of hydrogen-bond acceptors (Lipinski definition) is 4. The lowest BCUT2D eigenvalue weighted by Crippen LogP contribution is -2.36. The Morgan fingerprint density at radius 2 is 1.77 bits per heavy atom. The monoisotopic (exact) mass is 479 g/mol. The largest absolute Gasteiger partial charge is 0.496 e. The molecule has 3 aliphatic rings. The van der Waals surface area contributed by atoms with Gasteiger partial charge in [-0.3, -0.25) is 0 Å². The molecule has 2 amide bonds. The van der Waals surface area contributed by atoms with Gasteiger partial charge in [-0.2, -0.15) is 0 Å². The van der Waals surface area contributed by atoms with Crippen molar-refractivity contribution in [1.82, 2.24) is 10.2 Å². The molecule has 4 rings (SSSR count). The highest BCUT2D eigenvalue weighted by Gasteiger charge is 2.25. The van der Waals surface area contributed by atoms with E-state index in [-0.39, 0.29) is 24.2 Å². The first-order chi connectivity index (χ1) is 16.9. The van der Waals surface area contributed by atoms with Gasteiger partial charge in [0.25, 0.3) is 0 Å². The third-order valence-corrected chi connectivity index (χ3v) is 7.21. The summed E-state index contributed by atoms with van der Waals surface area (Å²) >= 11 is 0. The fourth-order valence-electron chi connectivity index (χ4n) is 4.70. The predicted octanol–water partition coefficient (Wildman–Crippen LogP) is 5.48. The van der Waals surface area contributed by atoms with Gasteiger partial charge in [-0.25, -0.2) is 4.79 Å². The van der Waals surface area contributed by atoms with Crippen molar-refractivity contribution < 1.29 is 14.3 Å². The summed E-state index contributed by atoms with van der Waals surface area (Å²) in [6.45, 7) is 2.79. The van der Waals surface area contributed by atoms with Gasteiger partial charge in [-0.15, -0.1) is 0 Å². The summed E-state index contributed by atoms with van der Waals surface area (Å²) in [7, 11) is 3.48. The van der Waals surface area contributed by atoms with E-state index >= 15 is 0 Å². The van der Waals surface area contributed by atoms with Crippen LogP contribution in [0.2, 0.25) is 0 Å². The molecule has 0 bridgehead atoms. The van der Waals surface area contributed by atoms with Gasteiger partial charge >= 0.3 is 6.03 Å². The maximum Gasteiger partial charge on any atom is 0.317 e. The van der Waals surface area contributed by atoms with Crippen LogP contribution in [0.25, 0.3) is 0 Å². The first kappa shape index (κ1) is 25.4. The number of benzene rings is 1. The van der Waals surface area contributed by atoms with E-state index in [0.717, 1.165) is 61.7 Å². The first-order valence-electron chi connectivity index (χ1n) is 13.1. The zero-order chi connectivity index (χ0) is 24.8. The molecular formula is C29H41N3O3. The molecule has 0 saturated heterocycles. The standard InChI is InChI=1S/C29H41N3O3/c1-20(31-29(33)32(2)3)24-11-15-26(16-12-24)35-25-13-9-21(10-14-25)17-23-5-4-6-27(30)28(18-23)34-19-22-7-8-22/h4-6,11-12,15-16,18,20-22,25,27H,7-10,13-14,17,19,30H2,1-3H3,(H,31,33). The average Bonchev–Trinajstić information content (AvgIpc) is 3.68. The van der Waals surface area contributed by atoms with Crippen LogP contribution in [0.3, 0.4) is 0 Å². The van der Waals surface area contributed by atoms with Crippen LogP contribution < -0.4 is 15.8 Å². The molecule has 2 atom stereocenters. The molecule has 0 aromatic heterocycles. The first-order valence-corrected chi connectivity index (χ1v) is 13.1. The number of nitrogens with zero attached hydrogens (tertiary/aromatic N) is 1. The Morgan fingerprint density at radius 1 is 1.09 bits per heavy atom. The normalized spacial score (nSPS) is 25.1. The molecule has 35 heavy (non-hydrogen) atoms. The van der Waals surface area contributed by atoms with Crippen LogP contribution >= 0.6 is 0 Å². The van der Waals surface area contributed by atoms with Gasteiger partial charge in [0.15, 0.2) is 0 Å². The third kappa shape index (κ3) is 7.63. The van der Waals surface area contributed by atoms with Crippen LogP contribution in [0.5, 0.6) is 5.75 Å². The second-order valence-electron chi connectivity index (χ2n) is 10.6. The van der Waals surface area contributed by atoms with E-state index in [4.69, 9.17) is 15.2 Å². The summed E-state index contributed by atoms with van der Waals surface area (Å²) < 4.78 is 12.3. The number of amides is 2. The molecule has 2 saturated carbocycles. The number of urea groups is 1. The molecular weight excluding hydrogens is 438 g/mol. The Labute approximate surface area is 210 Å². The molecule has 190 valence electrons. The summed E-state index contributed by atoms with van der Waals surface area (Å²) in [6, 6.07) is 7.81. The van der Waals surface area contributed by atoms with Crippen molar-refractivity contribution in [1.29, 1.82) is 0 Å². The zero-order valence-electron chi connectivity index (χ0n) is 21.4. The van der Waals surface area contributed by atoms with Crippen LogP contribution in [-0.4, -0.2) is 43.8 Å². The molecule has 6 heteroatoms. The fourth-order valence-corrected chi connectivity index (χ4v) is 4.70. The lowest BCUT2D eigenvalue weighted by atomic mass is 9.83. The molecule has 1 aromatic rings. The second kappa shape index (κ2) is 11.8. The van der Waals surface area contributed by atoms with Gasteiger partial charge in [0.05, 0.1) is 24.8 Å². The minimum Gasteiger partial charge on any atom is -0.496 e. The number of nitrogens with two attached hydrogens (primary N) is 1. The Kier molecular flexibility index (Phi) is 8.55. The lowest BCUT2D eigenvalue weighted by Gasteiger charge is -2.29. The number of carbonyl (C=O) groups excluding carboxylic acids is 1. The van der Waals surface area contributed by atoms with Gasteiger partial charge < -0.3 is 25.4 Å². The van der Waals surface area contributed by atoms with Gasteiger partial charge in [0.1, 0.15) is 11.5 Å². The highest BCUT2D eigenvalue weighted by atomic mass is 16.5. The number of hydrogen-bond donors (Lipinski definition) is 2. The maximum atomic E-state index is 11.9. The van der Waals surface area contributed by atoms with Crippen molar-refractivity contribution in [2.75, 3.05) is 20.7 Å². The Morgan fingerprint density at radius 3 is 2.43 bits per heavy atom. The SMILES string of the molecule is CC(NC(=O)N(C)C)c1ccc(OC2CCC(CC3=CC=CC(N)C(OCC4CC4)=C3)CC2)cc1. The van der Waals surface area contributed by atoms with Crippen molar-refractivity contribution in [2.45, 2.75) is 70.1 Å². The lowest BCUT2D eigenvalue weighted by molar-refractivity contribution is 0.131. The fraction of sp³-hybridized carbons (Fsp3) is 0.552. The molecule has 1 aromatic carbocycles. The molecule has 0 heterocycles. The van der Waals surface area contributed by atoms with Crippen LogP contribution in [0, 0.1) is 11.8 Å². The minimum atomic E-state index is -0.148. The van der Waals surface area contributed by atoms with Gasteiger partial charge in [-0.05, 0) is 93.1 Å². The summed E-state index contributed by atoms with van der Waals surface area (Å²) in [4.78, 5) is 13.4. The number of rotatable bonds is 9. The van der Waals surface area contributed by atoms with Gasteiger partial charge in [-0.1, -0.05) is 30.4 Å². The van der Waals surface area contributed by atoms with Crippen molar-refractivity contribution in [3.05, 3.63) is 65.5 Å². The molecule has 2 unspecified atom stereocenters. The van der Waals surface area contributed by atoms with E-state index in [1.165, 1.54) is 18.4 Å². The topological polar surface area (TPSA) is 76.8 Å². The molecule has 0 spiro atoms. The predicted molar refractivity (Wildman–Crippen MR) is 140 cm³/mol. The van der Waals surface area contributed by atoms with Crippen molar-refractivity contribution in [3.63, 3.8) is 0 Å². The summed E-state index contributed by atoms with van der Waals surface area (Å²) in [5.41, 5.74) is 8.66. The molecule has 6 nitrogen and oxygen atoms in total. The molecule has 2 fully saturated rings.